The first-order chi connectivity index (χ1) is 17.6. The number of halogens is 3. The van der Waals surface area contributed by atoms with E-state index in [1.54, 1.807) is 0 Å². The number of aromatic nitrogens is 2. The van der Waals surface area contributed by atoms with Gasteiger partial charge in [-0.1, -0.05) is 24.3 Å². The summed E-state index contributed by atoms with van der Waals surface area (Å²) < 4.78 is 43.9. The molecule has 0 bridgehead atoms. The van der Waals surface area contributed by atoms with Crippen molar-refractivity contribution in [1.29, 1.82) is 0 Å². The van der Waals surface area contributed by atoms with Gasteiger partial charge in [-0.3, -0.25) is 19.4 Å². The zero-order valence-electron chi connectivity index (χ0n) is 19.6. The number of alkyl halides is 3. The number of rotatable bonds is 6. The highest BCUT2D eigenvalue weighted by Gasteiger charge is 2.35. The number of ether oxygens (including phenoxy) is 1. The molecule has 0 saturated carbocycles. The fourth-order valence-electron chi connectivity index (χ4n) is 4.22. The Morgan fingerprint density at radius 1 is 1.14 bits per heavy atom. The van der Waals surface area contributed by atoms with Gasteiger partial charge in [-0.2, -0.15) is 13.2 Å². The average molecular weight is 513 g/mol. The third kappa shape index (κ3) is 5.52. The number of hydrogen-bond acceptors (Lipinski definition) is 6. The van der Waals surface area contributed by atoms with E-state index in [4.69, 9.17) is 10.5 Å². The number of benzene rings is 1. The van der Waals surface area contributed by atoms with E-state index in [9.17, 15) is 27.6 Å². The molecule has 0 fully saturated rings. The van der Waals surface area contributed by atoms with Crippen molar-refractivity contribution < 1.29 is 32.3 Å². The van der Waals surface area contributed by atoms with Gasteiger partial charge in [-0.15, -0.1) is 0 Å². The Kier molecular flexibility index (Phi) is 7.09. The van der Waals surface area contributed by atoms with Gasteiger partial charge in [0.05, 0.1) is 42.8 Å². The summed E-state index contributed by atoms with van der Waals surface area (Å²) in [7, 11) is 1.29. The summed E-state index contributed by atoms with van der Waals surface area (Å²) in [6.45, 7) is -0.198. The number of anilines is 1. The maximum absolute atomic E-state index is 13.4. The van der Waals surface area contributed by atoms with Crippen LogP contribution in [-0.4, -0.2) is 39.7 Å². The lowest BCUT2D eigenvalue weighted by Crippen LogP contribution is -2.41. The molecule has 1 aromatic carbocycles. The molecule has 2 heterocycles. The molecule has 1 aliphatic rings. The second kappa shape index (κ2) is 10.2. The minimum atomic E-state index is -4.55. The van der Waals surface area contributed by atoms with Gasteiger partial charge in [0.15, 0.2) is 0 Å². The second-order valence-corrected chi connectivity index (χ2v) is 8.32. The number of carbonyl (C=O) groups excluding carboxylic acids is 3. The lowest BCUT2D eigenvalue weighted by molar-refractivity contribution is -0.145. The smallest absolute Gasteiger partial charge is 0.417 e. The third-order valence-corrected chi connectivity index (χ3v) is 5.98. The van der Waals surface area contributed by atoms with Crippen molar-refractivity contribution >= 4 is 23.4 Å². The summed E-state index contributed by atoms with van der Waals surface area (Å²) in [5, 5.41) is 2.41. The van der Waals surface area contributed by atoms with Crippen LogP contribution >= 0.6 is 0 Å². The lowest BCUT2D eigenvalue weighted by atomic mass is 10.1. The molecule has 4 rings (SSSR count). The zero-order valence-corrected chi connectivity index (χ0v) is 19.6. The molecule has 3 aromatic rings. The topological polar surface area (TPSA) is 128 Å². The number of methoxy groups -OCH3 is 1. The van der Waals surface area contributed by atoms with E-state index >= 15 is 0 Å². The first-order valence-corrected chi connectivity index (χ1v) is 11.1. The molecule has 0 unspecified atom stereocenters. The highest BCUT2D eigenvalue weighted by molar-refractivity contribution is 6.39. The van der Waals surface area contributed by atoms with Crippen molar-refractivity contribution in [2.75, 3.05) is 12.4 Å². The maximum Gasteiger partial charge on any atom is 0.417 e. The number of fused-ring (bicyclic) bond motifs is 1. The largest absolute Gasteiger partial charge is 0.480 e. The van der Waals surface area contributed by atoms with Gasteiger partial charge in [-0.25, -0.2) is 4.98 Å². The molecule has 0 spiro atoms. The van der Waals surface area contributed by atoms with Crippen LogP contribution in [0.4, 0.5) is 18.9 Å². The number of nitrogens with one attached hydrogen (secondary N) is 1. The maximum atomic E-state index is 13.4. The van der Waals surface area contributed by atoms with Crippen LogP contribution in [0.25, 0.3) is 0 Å². The van der Waals surface area contributed by atoms with Crippen molar-refractivity contribution in [3.63, 3.8) is 0 Å². The van der Waals surface area contributed by atoms with Crippen molar-refractivity contribution in [3.05, 3.63) is 82.8 Å². The molecule has 1 aliphatic carbocycles. The fourth-order valence-corrected chi connectivity index (χ4v) is 4.22. The van der Waals surface area contributed by atoms with Crippen LogP contribution in [0.5, 0.6) is 5.88 Å². The molecular formula is C25H22F3N5O4. The van der Waals surface area contributed by atoms with Crippen molar-refractivity contribution in [2.45, 2.75) is 31.6 Å². The van der Waals surface area contributed by atoms with Crippen molar-refractivity contribution in [1.82, 2.24) is 14.9 Å². The van der Waals surface area contributed by atoms with Gasteiger partial charge in [0.1, 0.15) is 5.56 Å². The number of amides is 3. The number of nitrogens with zero attached hydrogens (tertiary/aromatic N) is 3. The first kappa shape index (κ1) is 25.6. The Labute approximate surface area is 209 Å². The second-order valence-electron chi connectivity index (χ2n) is 8.32. The quantitative estimate of drug-likeness (QED) is 0.487. The van der Waals surface area contributed by atoms with Gasteiger partial charge in [0.25, 0.3) is 5.91 Å². The Morgan fingerprint density at radius 2 is 1.89 bits per heavy atom. The third-order valence-electron chi connectivity index (χ3n) is 5.98. The molecule has 0 saturated heterocycles. The SMILES string of the molecule is COc1ncc(NC(=O)C(=O)N(Cc2ccc(C(F)(F)F)cn2)[C@@H]2CCc3ccccc32)cc1C(N)=O. The lowest BCUT2D eigenvalue weighted by Gasteiger charge is -2.29. The van der Waals surface area contributed by atoms with Crippen molar-refractivity contribution in [2.24, 2.45) is 5.73 Å². The van der Waals surface area contributed by atoms with Gasteiger partial charge in [0.2, 0.25) is 5.88 Å². The summed E-state index contributed by atoms with van der Waals surface area (Å²) in [4.78, 5) is 47.1. The van der Waals surface area contributed by atoms with E-state index in [0.717, 1.165) is 17.2 Å². The molecule has 192 valence electrons. The number of pyridine rings is 2. The van der Waals surface area contributed by atoms with E-state index in [1.165, 1.54) is 30.3 Å². The highest BCUT2D eigenvalue weighted by Crippen LogP contribution is 2.37. The van der Waals surface area contributed by atoms with Crippen LogP contribution in [0.15, 0.2) is 54.9 Å². The number of carbonyl (C=O) groups is 3. The Morgan fingerprint density at radius 3 is 2.54 bits per heavy atom. The molecule has 3 amide bonds. The monoisotopic (exact) mass is 513 g/mol. The molecule has 9 nitrogen and oxygen atoms in total. The van der Waals surface area contributed by atoms with Crippen LogP contribution < -0.4 is 15.8 Å². The summed E-state index contributed by atoms with van der Waals surface area (Å²) in [6, 6.07) is 10.2. The summed E-state index contributed by atoms with van der Waals surface area (Å²) in [5.41, 5.74) is 6.38. The summed E-state index contributed by atoms with van der Waals surface area (Å²) in [5.74, 6) is -2.85. The highest BCUT2D eigenvalue weighted by atomic mass is 19.4. The minimum absolute atomic E-state index is 0.0346. The Balaban J connectivity index is 1.62. The van der Waals surface area contributed by atoms with E-state index in [-0.39, 0.29) is 29.4 Å². The van der Waals surface area contributed by atoms with Crippen LogP contribution in [0, 0.1) is 0 Å². The number of hydrogen-bond donors (Lipinski definition) is 2. The van der Waals surface area contributed by atoms with Gasteiger partial charge >= 0.3 is 18.0 Å². The summed E-state index contributed by atoms with van der Waals surface area (Å²) in [6.07, 6.45) is -1.48. The fraction of sp³-hybridized carbons (Fsp3) is 0.240. The number of nitrogens with two attached hydrogens (primary N) is 1. The number of aryl methyl sites for hydroxylation is 1. The van der Waals surface area contributed by atoms with E-state index < -0.39 is 35.5 Å². The normalized spacial score (nSPS) is 14.5. The molecule has 0 radical (unpaired) electrons. The van der Waals surface area contributed by atoms with Crippen LogP contribution in [-0.2, 0) is 28.7 Å². The van der Waals surface area contributed by atoms with E-state index in [0.29, 0.717) is 19.0 Å². The van der Waals surface area contributed by atoms with E-state index in [2.05, 4.69) is 15.3 Å². The molecule has 12 heteroatoms. The first-order valence-electron chi connectivity index (χ1n) is 11.1. The van der Waals surface area contributed by atoms with Crippen LogP contribution in [0.3, 0.4) is 0 Å². The van der Waals surface area contributed by atoms with Crippen LogP contribution in [0.1, 0.15) is 45.2 Å². The summed E-state index contributed by atoms with van der Waals surface area (Å²) >= 11 is 0. The van der Waals surface area contributed by atoms with Gasteiger partial charge in [0, 0.05) is 6.20 Å². The average Bonchev–Trinajstić information content (AvgIpc) is 3.30. The van der Waals surface area contributed by atoms with Crippen molar-refractivity contribution in [3.8, 4) is 5.88 Å². The van der Waals surface area contributed by atoms with Crippen LogP contribution in [0.2, 0.25) is 0 Å². The van der Waals surface area contributed by atoms with E-state index in [1.807, 2.05) is 24.3 Å². The molecular weight excluding hydrogens is 491 g/mol. The molecule has 2 aromatic heterocycles. The van der Waals surface area contributed by atoms with Gasteiger partial charge < -0.3 is 20.7 Å². The minimum Gasteiger partial charge on any atom is -0.480 e. The zero-order chi connectivity index (χ0) is 26.7. The molecule has 3 N–H and O–H groups in total. The Bertz CT molecular complexity index is 1340. The predicted octanol–water partition coefficient (Wildman–Crippen LogP) is 3.26. The predicted molar refractivity (Wildman–Crippen MR) is 125 cm³/mol. The Hall–Kier alpha value is -4.48. The van der Waals surface area contributed by atoms with Gasteiger partial charge in [-0.05, 0) is 42.2 Å². The molecule has 1 atom stereocenters. The molecule has 37 heavy (non-hydrogen) atoms. The number of primary amides is 1. The standard InChI is InChI=1S/C25H22F3N5O4/c1-37-23-19(21(29)34)10-17(12-31-23)32-22(35)24(36)33(20-9-6-14-4-2-3-5-18(14)20)13-16-8-7-15(11-30-16)25(26,27)28/h2-5,7-8,10-12,20H,6,9,13H2,1H3,(H2,29,34)(H,32,35)/t20-/m1/s1. The molecule has 0 aliphatic heterocycles.